The van der Waals surface area contributed by atoms with Crippen molar-refractivity contribution < 1.29 is 0 Å². The van der Waals surface area contributed by atoms with Gasteiger partial charge in [0.2, 0.25) is 0 Å². The Kier molecular flexibility index (Phi) is 5.51. The van der Waals surface area contributed by atoms with Gasteiger partial charge in [-0.25, -0.2) is 0 Å². The first-order chi connectivity index (χ1) is 11.2. The molecular weight excluding hydrogens is 286 g/mol. The fourth-order valence-corrected chi connectivity index (χ4v) is 3.48. The number of benzene rings is 1. The van der Waals surface area contributed by atoms with Crippen molar-refractivity contribution >= 4 is 11.6 Å². The molecule has 1 saturated heterocycles. The Morgan fingerprint density at radius 1 is 1.13 bits per heavy atom. The molecule has 0 atom stereocenters. The van der Waals surface area contributed by atoms with Crippen LogP contribution in [0.1, 0.15) is 24.5 Å². The Morgan fingerprint density at radius 3 is 2.65 bits per heavy atom. The summed E-state index contributed by atoms with van der Waals surface area (Å²) in [6.45, 7) is 9.75. The van der Waals surface area contributed by atoms with Crippen molar-refractivity contribution in [3.63, 3.8) is 0 Å². The van der Waals surface area contributed by atoms with E-state index in [-0.39, 0.29) is 0 Å². The lowest BCUT2D eigenvalue weighted by Gasteiger charge is -2.33. The molecule has 5 heteroatoms. The van der Waals surface area contributed by atoms with Gasteiger partial charge >= 0.3 is 0 Å². The monoisotopic (exact) mass is 315 g/mol. The van der Waals surface area contributed by atoms with E-state index in [2.05, 4.69) is 45.2 Å². The fourth-order valence-electron chi connectivity index (χ4n) is 3.48. The highest BCUT2D eigenvalue weighted by molar-refractivity contribution is 5.92. The Labute approximate surface area is 139 Å². The second-order valence-corrected chi connectivity index (χ2v) is 6.50. The Hall–Kier alpha value is -1.59. The first kappa shape index (κ1) is 16.3. The number of anilines is 1. The number of guanidine groups is 1. The number of piperazine rings is 1. The van der Waals surface area contributed by atoms with Crippen LogP contribution in [0.4, 0.5) is 5.69 Å². The van der Waals surface area contributed by atoms with E-state index in [0.717, 1.165) is 38.4 Å². The van der Waals surface area contributed by atoms with E-state index < -0.39 is 0 Å². The first-order valence-corrected chi connectivity index (χ1v) is 8.88. The third-order valence-corrected chi connectivity index (χ3v) is 4.98. The number of aliphatic imine (C=N–C) groups is 1. The van der Waals surface area contributed by atoms with E-state index >= 15 is 0 Å². The predicted molar refractivity (Wildman–Crippen MR) is 97.1 cm³/mol. The second-order valence-electron chi connectivity index (χ2n) is 6.50. The quantitative estimate of drug-likeness (QED) is 0.639. The van der Waals surface area contributed by atoms with Crippen LogP contribution in [-0.4, -0.2) is 61.6 Å². The lowest BCUT2D eigenvalue weighted by molar-refractivity contribution is 0.140. The molecule has 23 heavy (non-hydrogen) atoms. The minimum Gasteiger partial charge on any atom is -0.370 e. The van der Waals surface area contributed by atoms with Gasteiger partial charge in [-0.05, 0) is 49.1 Å². The molecule has 5 nitrogen and oxygen atoms in total. The molecule has 0 aromatic heterocycles. The summed E-state index contributed by atoms with van der Waals surface area (Å²) in [4.78, 5) is 9.43. The third-order valence-electron chi connectivity index (χ3n) is 4.98. The highest BCUT2D eigenvalue weighted by atomic mass is 15.3. The van der Waals surface area contributed by atoms with Crippen LogP contribution in [0.5, 0.6) is 0 Å². The van der Waals surface area contributed by atoms with Crippen molar-refractivity contribution in [3.8, 4) is 0 Å². The number of fused-ring (bicyclic) bond motifs is 1. The first-order valence-electron chi connectivity index (χ1n) is 8.88. The van der Waals surface area contributed by atoms with Gasteiger partial charge in [-0.3, -0.25) is 9.89 Å². The molecule has 126 valence electrons. The van der Waals surface area contributed by atoms with Crippen LogP contribution in [-0.2, 0) is 12.8 Å². The average molecular weight is 315 g/mol. The molecule has 1 fully saturated rings. The normalized spacial score (nSPS) is 19.8. The second kappa shape index (κ2) is 7.79. The summed E-state index contributed by atoms with van der Waals surface area (Å²) in [5, 5.41) is 3.23. The number of hydrogen-bond donors (Lipinski definition) is 2. The van der Waals surface area contributed by atoms with Gasteiger partial charge in [0.1, 0.15) is 0 Å². The SMILES string of the molecule is CCN1CCN(CCN=C(N)Nc2ccc3c(c2)CCC3)CC1. The lowest BCUT2D eigenvalue weighted by atomic mass is 10.1. The summed E-state index contributed by atoms with van der Waals surface area (Å²) in [7, 11) is 0. The molecule has 1 aliphatic carbocycles. The zero-order valence-corrected chi connectivity index (χ0v) is 14.2. The topological polar surface area (TPSA) is 56.9 Å². The maximum absolute atomic E-state index is 6.02. The van der Waals surface area contributed by atoms with Crippen LogP contribution in [0.2, 0.25) is 0 Å². The zero-order chi connectivity index (χ0) is 16.1. The number of likely N-dealkylation sites (N-methyl/N-ethyl adjacent to an activating group) is 1. The summed E-state index contributed by atoms with van der Waals surface area (Å²) in [6.07, 6.45) is 3.67. The van der Waals surface area contributed by atoms with E-state index in [1.54, 1.807) is 0 Å². The maximum Gasteiger partial charge on any atom is 0.193 e. The standard InChI is InChI=1S/C18H29N5/c1-2-22-10-12-23(13-11-22)9-8-20-18(19)21-17-7-6-15-4-3-5-16(15)14-17/h6-7,14H,2-5,8-13H2,1H3,(H3,19,20,21). The summed E-state index contributed by atoms with van der Waals surface area (Å²) in [6, 6.07) is 6.54. The minimum atomic E-state index is 0.523. The molecule has 1 aliphatic heterocycles. The van der Waals surface area contributed by atoms with Crippen molar-refractivity contribution in [1.82, 2.24) is 9.80 Å². The van der Waals surface area contributed by atoms with Crippen LogP contribution < -0.4 is 11.1 Å². The molecule has 0 saturated carbocycles. The molecule has 3 rings (SSSR count). The molecule has 1 aromatic rings. The summed E-state index contributed by atoms with van der Waals surface area (Å²) < 4.78 is 0. The van der Waals surface area contributed by atoms with Crippen molar-refractivity contribution in [2.45, 2.75) is 26.2 Å². The van der Waals surface area contributed by atoms with Gasteiger partial charge in [-0.2, -0.15) is 0 Å². The fraction of sp³-hybridized carbons (Fsp3) is 0.611. The smallest absolute Gasteiger partial charge is 0.193 e. The zero-order valence-electron chi connectivity index (χ0n) is 14.2. The largest absolute Gasteiger partial charge is 0.370 e. The average Bonchev–Trinajstić information content (AvgIpc) is 3.03. The van der Waals surface area contributed by atoms with Crippen molar-refractivity contribution in [1.29, 1.82) is 0 Å². The predicted octanol–water partition coefficient (Wildman–Crippen LogP) is 1.54. The number of nitrogens with two attached hydrogens (primary N) is 1. The third kappa shape index (κ3) is 4.45. The van der Waals surface area contributed by atoms with Crippen LogP contribution in [0.25, 0.3) is 0 Å². The number of nitrogens with zero attached hydrogens (tertiary/aromatic N) is 3. The van der Waals surface area contributed by atoms with Gasteiger partial charge in [0.05, 0.1) is 6.54 Å². The van der Waals surface area contributed by atoms with Crippen molar-refractivity contribution in [2.75, 3.05) is 51.1 Å². The van der Waals surface area contributed by atoms with E-state index in [0.29, 0.717) is 5.96 Å². The van der Waals surface area contributed by atoms with Crippen LogP contribution in [0, 0.1) is 0 Å². The maximum atomic E-state index is 6.02. The van der Waals surface area contributed by atoms with Crippen LogP contribution >= 0.6 is 0 Å². The van der Waals surface area contributed by atoms with Gasteiger partial charge in [0.25, 0.3) is 0 Å². The highest BCUT2D eigenvalue weighted by Crippen LogP contribution is 2.24. The minimum absolute atomic E-state index is 0.523. The molecule has 0 unspecified atom stereocenters. The number of nitrogens with one attached hydrogen (secondary N) is 1. The van der Waals surface area contributed by atoms with Gasteiger partial charge in [-0.15, -0.1) is 0 Å². The summed E-state index contributed by atoms with van der Waals surface area (Å²) in [5.74, 6) is 0.523. The van der Waals surface area contributed by atoms with Gasteiger partial charge in [0.15, 0.2) is 5.96 Å². The Morgan fingerprint density at radius 2 is 1.87 bits per heavy atom. The Bertz CT molecular complexity index is 546. The molecule has 1 aromatic carbocycles. The van der Waals surface area contributed by atoms with Crippen LogP contribution in [0.3, 0.4) is 0 Å². The van der Waals surface area contributed by atoms with Crippen molar-refractivity contribution in [3.05, 3.63) is 29.3 Å². The van der Waals surface area contributed by atoms with Crippen molar-refractivity contribution in [2.24, 2.45) is 10.7 Å². The molecule has 3 N–H and O–H groups in total. The van der Waals surface area contributed by atoms with E-state index in [1.165, 1.54) is 43.5 Å². The molecule has 1 heterocycles. The van der Waals surface area contributed by atoms with Crippen LogP contribution in [0.15, 0.2) is 23.2 Å². The molecule has 2 aliphatic rings. The number of hydrogen-bond acceptors (Lipinski definition) is 3. The van der Waals surface area contributed by atoms with Gasteiger partial charge in [-0.1, -0.05) is 13.0 Å². The Balaban J connectivity index is 1.43. The molecule has 0 amide bonds. The molecule has 0 bridgehead atoms. The van der Waals surface area contributed by atoms with E-state index in [4.69, 9.17) is 5.73 Å². The van der Waals surface area contributed by atoms with Gasteiger partial charge in [0, 0.05) is 38.4 Å². The molecule has 0 spiro atoms. The summed E-state index contributed by atoms with van der Waals surface area (Å²) in [5.41, 5.74) is 10.0. The number of rotatable bonds is 5. The van der Waals surface area contributed by atoms with E-state index in [9.17, 15) is 0 Å². The summed E-state index contributed by atoms with van der Waals surface area (Å²) >= 11 is 0. The molecule has 0 radical (unpaired) electrons. The lowest BCUT2D eigenvalue weighted by Crippen LogP contribution is -2.46. The number of aryl methyl sites for hydroxylation is 2. The van der Waals surface area contributed by atoms with E-state index in [1.807, 2.05) is 0 Å². The molecular formula is C18H29N5. The van der Waals surface area contributed by atoms with Gasteiger partial charge < -0.3 is 16.0 Å². The highest BCUT2D eigenvalue weighted by Gasteiger charge is 2.14.